The predicted octanol–water partition coefficient (Wildman–Crippen LogP) is 3.41. The van der Waals surface area contributed by atoms with Crippen molar-refractivity contribution in [2.24, 2.45) is 10.9 Å². The molecule has 1 atom stereocenters. The van der Waals surface area contributed by atoms with Gasteiger partial charge in [0, 0.05) is 45.3 Å². The summed E-state index contributed by atoms with van der Waals surface area (Å²) in [6.07, 6.45) is 3.89. The quantitative estimate of drug-likeness (QED) is 0.331. The molecule has 6 nitrogen and oxygen atoms in total. The van der Waals surface area contributed by atoms with Gasteiger partial charge in [0.25, 0.3) is 0 Å². The minimum atomic E-state index is 0. The van der Waals surface area contributed by atoms with Gasteiger partial charge in [-0.15, -0.1) is 24.0 Å². The van der Waals surface area contributed by atoms with E-state index in [1.54, 1.807) is 0 Å². The van der Waals surface area contributed by atoms with Gasteiger partial charge in [-0.2, -0.15) is 0 Å². The summed E-state index contributed by atoms with van der Waals surface area (Å²) in [5.74, 6) is 1.95. The van der Waals surface area contributed by atoms with E-state index in [1.807, 2.05) is 0 Å². The Hall–Kier alpha value is -0.900. The lowest BCUT2D eigenvalue weighted by Crippen LogP contribution is -2.46. The highest BCUT2D eigenvalue weighted by Crippen LogP contribution is 2.19. The Bertz CT molecular complexity index is 699. The van der Waals surface area contributed by atoms with Crippen LogP contribution in [0.4, 0.5) is 0 Å². The predicted molar refractivity (Wildman–Crippen MR) is 143 cm³/mol. The van der Waals surface area contributed by atoms with Gasteiger partial charge in [0.15, 0.2) is 5.96 Å². The maximum absolute atomic E-state index is 5.52. The molecule has 1 aromatic carbocycles. The Morgan fingerprint density at radius 2 is 1.69 bits per heavy atom. The molecule has 3 saturated heterocycles. The van der Waals surface area contributed by atoms with Gasteiger partial charge in [-0.1, -0.05) is 31.2 Å². The molecule has 3 fully saturated rings. The van der Waals surface area contributed by atoms with E-state index < -0.39 is 0 Å². The molecule has 1 N–H and O–H groups in total. The van der Waals surface area contributed by atoms with Crippen molar-refractivity contribution in [2.45, 2.75) is 52.2 Å². The number of guanidine groups is 1. The van der Waals surface area contributed by atoms with E-state index in [2.05, 4.69) is 58.1 Å². The highest BCUT2D eigenvalue weighted by atomic mass is 127. The smallest absolute Gasteiger partial charge is 0.194 e. The van der Waals surface area contributed by atoms with Crippen LogP contribution >= 0.6 is 24.0 Å². The Morgan fingerprint density at radius 1 is 1.00 bits per heavy atom. The second-order valence-electron chi connectivity index (χ2n) is 9.48. The van der Waals surface area contributed by atoms with Crippen LogP contribution in [-0.4, -0.2) is 85.7 Å². The van der Waals surface area contributed by atoms with Gasteiger partial charge in [-0.05, 0) is 56.3 Å². The highest BCUT2D eigenvalue weighted by Gasteiger charge is 2.30. The van der Waals surface area contributed by atoms with Gasteiger partial charge in [0.1, 0.15) is 0 Å². The molecule has 0 spiro atoms. The van der Waals surface area contributed by atoms with Crippen molar-refractivity contribution in [3.8, 4) is 0 Å². The molecule has 0 bridgehead atoms. The molecule has 3 heterocycles. The molecule has 0 saturated carbocycles. The number of piperidine rings is 1. The third kappa shape index (κ3) is 7.30. The van der Waals surface area contributed by atoms with Crippen molar-refractivity contribution in [1.82, 2.24) is 20.0 Å². The summed E-state index contributed by atoms with van der Waals surface area (Å²) in [4.78, 5) is 12.6. The molecule has 1 unspecified atom stereocenters. The van der Waals surface area contributed by atoms with Crippen molar-refractivity contribution in [1.29, 1.82) is 0 Å². The van der Waals surface area contributed by atoms with Gasteiger partial charge in [-0.25, -0.2) is 4.99 Å². The largest absolute Gasteiger partial charge is 0.379 e. The summed E-state index contributed by atoms with van der Waals surface area (Å²) >= 11 is 0. The maximum atomic E-state index is 5.52. The molecular formula is C25H42IN5O. The lowest BCUT2D eigenvalue weighted by molar-refractivity contribution is 0.0195. The lowest BCUT2D eigenvalue weighted by Gasteiger charge is -2.32. The van der Waals surface area contributed by atoms with Crippen LogP contribution in [0.3, 0.4) is 0 Å². The summed E-state index contributed by atoms with van der Waals surface area (Å²) in [5, 5.41) is 3.51. The number of aliphatic imine (C=N–C) groups is 1. The van der Waals surface area contributed by atoms with Gasteiger partial charge in [0.2, 0.25) is 0 Å². The summed E-state index contributed by atoms with van der Waals surface area (Å²) in [6, 6.07) is 9.73. The minimum absolute atomic E-state index is 0. The number of hydrogen-bond donors (Lipinski definition) is 1. The molecule has 0 amide bonds. The van der Waals surface area contributed by atoms with Crippen molar-refractivity contribution >= 4 is 29.9 Å². The fourth-order valence-electron chi connectivity index (χ4n) is 5.00. The number of nitrogens with one attached hydrogen (secondary N) is 1. The van der Waals surface area contributed by atoms with Crippen LogP contribution in [0.25, 0.3) is 0 Å². The average molecular weight is 556 g/mol. The number of nitrogens with zero attached hydrogens (tertiary/aromatic N) is 4. The van der Waals surface area contributed by atoms with Crippen molar-refractivity contribution in [2.75, 3.05) is 59.0 Å². The number of halogens is 1. The van der Waals surface area contributed by atoms with Gasteiger partial charge < -0.3 is 15.0 Å². The number of hydrogen-bond acceptors (Lipinski definition) is 4. The van der Waals surface area contributed by atoms with Gasteiger partial charge in [0.05, 0.1) is 19.8 Å². The fourth-order valence-corrected chi connectivity index (χ4v) is 5.00. The first-order valence-corrected chi connectivity index (χ1v) is 12.4. The Kier molecular flexibility index (Phi) is 10.5. The summed E-state index contributed by atoms with van der Waals surface area (Å²) < 4.78 is 5.52. The number of rotatable bonds is 6. The Labute approximate surface area is 211 Å². The van der Waals surface area contributed by atoms with Crippen LogP contribution in [0.15, 0.2) is 29.3 Å². The van der Waals surface area contributed by atoms with Crippen LogP contribution in [-0.2, 0) is 17.8 Å². The molecule has 3 aliphatic rings. The standard InChI is InChI=1S/C25H41N5O.HI/c1-3-26-25(30-13-10-24(20-30)29-14-16-31-17-15-29)27-18-22-4-6-23(7-5-22)19-28-11-8-21(2)9-12-28;/h4-7,21,24H,3,8-20H2,1-2H3,(H,26,27);1H. The zero-order chi connectivity index (χ0) is 21.5. The first kappa shape index (κ1) is 25.7. The molecule has 0 radical (unpaired) electrons. The normalized spacial score (nSPS) is 23.9. The average Bonchev–Trinajstić information content (AvgIpc) is 3.30. The van der Waals surface area contributed by atoms with Crippen LogP contribution in [0.5, 0.6) is 0 Å². The molecule has 7 heteroatoms. The third-order valence-electron chi connectivity index (χ3n) is 7.08. The molecule has 1 aromatic rings. The SMILES string of the molecule is CCNC(=NCc1ccc(CN2CCC(C)CC2)cc1)N1CCC(N2CCOCC2)C1.I. The molecule has 32 heavy (non-hydrogen) atoms. The first-order valence-electron chi connectivity index (χ1n) is 12.4. The Morgan fingerprint density at radius 3 is 2.38 bits per heavy atom. The monoisotopic (exact) mass is 555 g/mol. The molecule has 4 rings (SSSR count). The van der Waals surface area contributed by atoms with E-state index in [0.29, 0.717) is 6.04 Å². The molecule has 180 valence electrons. The number of likely N-dealkylation sites (tertiary alicyclic amines) is 2. The van der Waals surface area contributed by atoms with Crippen LogP contribution in [0, 0.1) is 5.92 Å². The summed E-state index contributed by atoms with van der Waals surface area (Å²) in [6.45, 7) is 15.8. The Balaban J connectivity index is 0.00000289. The van der Waals surface area contributed by atoms with Crippen LogP contribution in [0.2, 0.25) is 0 Å². The lowest BCUT2D eigenvalue weighted by atomic mass is 9.99. The molecule has 3 aliphatic heterocycles. The van der Waals surface area contributed by atoms with E-state index in [4.69, 9.17) is 9.73 Å². The van der Waals surface area contributed by atoms with Crippen LogP contribution in [0.1, 0.15) is 44.2 Å². The zero-order valence-corrected chi connectivity index (χ0v) is 22.3. The highest BCUT2D eigenvalue weighted by molar-refractivity contribution is 14.0. The van der Waals surface area contributed by atoms with Crippen molar-refractivity contribution in [3.05, 3.63) is 35.4 Å². The van der Waals surface area contributed by atoms with E-state index in [1.165, 1.54) is 43.5 Å². The van der Waals surface area contributed by atoms with Crippen molar-refractivity contribution in [3.63, 3.8) is 0 Å². The second-order valence-corrected chi connectivity index (χ2v) is 9.48. The third-order valence-corrected chi connectivity index (χ3v) is 7.08. The second kappa shape index (κ2) is 13.1. The fraction of sp³-hybridized carbons (Fsp3) is 0.720. The molecular weight excluding hydrogens is 513 g/mol. The summed E-state index contributed by atoms with van der Waals surface area (Å²) in [5.41, 5.74) is 2.71. The van der Waals surface area contributed by atoms with Gasteiger partial charge >= 0.3 is 0 Å². The minimum Gasteiger partial charge on any atom is -0.379 e. The van der Waals surface area contributed by atoms with E-state index in [9.17, 15) is 0 Å². The first-order chi connectivity index (χ1) is 15.2. The van der Waals surface area contributed by atoms with E-state index in [0.717, 1.165) is 70.9 Å². The number of benzene rings is 1. The van der Waals surface area contributed by atoms with E-state index >= 15 is 0 Å². The number of morpholine rings is 1. The maximum Gasteiger partial charge on any atom is 0.194 e. The summed E-state index contributed by atoms with van der Waals surface area (Å²) in [7, 11) is 0. The topological polar surface area (TPSA) is 43.3 Å². The van der Waals surface area contributed by atoms with E-state index in [-0.39, 0.29) is 24.0 Å². The van der Waals surface area contributed by atoms with Gasteiger partial charge in [-0.3, -0.25) is 9.80 Å². The van der Waals surface area contributed by atoms with Crippen LogP contribution < -0.4 is 5.32 Å². The molecule has 0 aliphatic carbocycles. The van der Waals surface area contributed by atoms with Crippen molar-refractivity contribution < 1.29 is 4.74 Å². The molecule has 0 aromatic heterocycles. The zero-order valence-electron chi connectivity index (χ0n) is 20.0. The number of ether oxygens (including phenoxy) is 1.